The molecule has 0 bridgehead atoms. The smallest absolute Gasteiger partial charge is 0.342 e. The van der Waals surface area contributed by atoms with Gasteiger partial charge in [-0.25, -0.2) is 9.79 Å². The average Bonchev–Trinajstić information content (AvgIpc) is 2.94. The molecule has 0 amide bonds. The molecule has 1 heterocycles. The zero-order chi connectivity index (χ0) is 11.2. The van der Waals surface area contributed by atoms with Crippen LogP contribution < -0.4 is 0 Å². The van der Waals surface area contributed by atoms with Gasteiger partial charge in [0.2, 0.25) is 5.90 Å². The zero-order valence-corrected chi connectivity index (χ0v) is 9.66. The van der Waals surface area contributed by atoms with Gasteiger partial charge in [-0.2, -0.15) is 11.8 Å². The van der Waals surface area contributed by atoms with E-state index in [4.69, 9.17) is 4.74 Å². The fraction of sp³-hybridized carbons (Fsp3) is 0.333. The van der Waals surface area contributed by atoms with Crippen molar-refractivity contribution in [2.45, 2.75) is 17.2 Å². The van der Waals surface area contributed by atoms with E-state index in [1.165, 1.54) is 0 Å². The van der Waals surface area contributed by atoms with Crippen molar-refractivity contribution in [2.24, 2.45) is 4.99 Å². The summed E-state index contributed by atoms with van der Waals surface area (Å²) in [7, 11) is 0. The first-order valence-corrected chi connectivity index (χ1v) is 6.45. The van der Waals surface area contributed by atoms with E-state index >= 15 is 0 Å². The molecule has 0 aromatic heterocycles. The van der Waals surface area contributed by atoms with Gasteiger partial charge in [-0.3, -0.25) is 0 Å². The molecule has 0 unspecified atom stereocenters. The van der Waals surface area contributed by atoms with Gasteiger partial charge in [-0.1, -0.05) is 18.2 Å². The number of thioether (sulfide) groups is 1. The number of nitrogens with zero attached hydrogens (tertiary/aromatic N) is 1. The Morgan fingerprint density at radius 3 is 2.81 bits per heavy atom. The number of cyclic esters (lactones) is 1. The Morgan fingerprint density at radius 2 is 2.19 bits per heavy atom. The van der Waals surface area contributed by atoms with Crippen LogP contribution in [0.3, 0.4) is 0 Å². The Bertz CT molecular complexity index is 471. The fourth-order valence-electron chi connectivity index (χ4n) is 1.96. The molecular weight excluding hydrogens is 222 g/mol. The van der Waals surface area contributed by atoms with E-state index in [0.29, 0.717) is 11.1 Å². The molecule has 1 spiro atoms. The van der Waals surface area contributed by atoms with Crippen molar-refractivity contribution in [1.29, 1.82) is 0 Å². The van der Waals surface area contributed by atoms with Crippen LogP contribution in [0.4, 0.5) is 0 Å². The first-order valence-electron chi connectivity index (χ1n) is 5.16. The van der Waals surface area contributed by atoms with Crippen LogP contribution in [0.15, 0.2) is 35.3 Å². The van der Waals surface area contributed by atoms with Gasteiger partial charge in [0.1, 0.15) is 0 Å². The van der Waals surface area contributed by atoms with Crippen molar-refractivity contribution in [1.82, 2.24) is 0 Å². The van der Waals surface area contributed by atoms with Gasteiger partial charge in [0.15, 0.2) is 5.54 Å². The molecule has 3 rings (SSSR count). The number of rotatable bonds is 2. The van der Waals surface area contributed by atoms with Gasteiger partial charge in [0.25, 0.3) is 0 Å². The standard InChI is InChI=1S/C12H11NO2S/c1-16-9-7-12(9)11(14)15-10(13-12)8-5-3-2-4-6-8/h2-6,9H,7H2,1H3/t9-,12-/m1/s1. The van der Waals surface area contributed by atoms with Gasteiger partial charge in [-0.15, -0.1) is 0 Å². The minimum absolute atomic E-state index is 0.189. The highest BCUT2D eigenvalue weighted by atomic mass is 32.2. The Labute approximate surface area is 97.9 Å². The lowest BCUT2D eigenvalue weighted by Crippen LogP contribution is -2.19. The molecule has 4 heteroatoms. The second-order valence-corrected chi connectivity index (χ2v) is 5.07. The summed E-state index contributed by atoms with van der Waals surface area (Å²) in [5.41, 5.74) is 0.310. The van der Waals surface area contributed by atoms with Gasteiger partial charge in [-0.05, 0) is 24.8 Å². The molecule has 2 aliphatic rings. The van der Waals surface area contributed by atoms with Crippen molar-refractivity contribution >= 4 is 23.6 Å². The van der Waals surface area contributed by atoms with E-state index in [-0.39, 0.29) is 5.97 Å². The van der Waals surface area contributed by atoms with Crippen LogP contribution in [-0.2, 0) is 9.53 Å². The predicted molar refractivity (Wildman–Crippen MR) is 63.7 cm³/mol. The topological polar surface area (TPSA) is 38.7 Å². The molecule has 1 fully saturated rings. The minimum atomic E-state index is -0.565. The fourth-order valence-corrected chi connectivity index (χ4v) is 2.92. The van der Waals surface area contributed by atoms with E-state index in [1.54, 1.807) is 11.8 Å². The first kappa shape index (κ1) is 9.90. The molecular formula is C12H11NO2S. The van der Waals surface area contributed by atoms with Crippen molar-refractivity contribution in [3.63, 3.8) is 0 Å². The van der Waals surface area contributed by atoms with Crippen LogP contribution in [0, 0.1) is 0 Å². The largest absolute Gasteiger partial charge is 0.405 e. The summed E-state index contributed by atoms with van der Waals surface area (Å²) in [6.45, 7) is 0. The first-order chi connectivity index (χ1) is 7.76. The van der Waals surface area contributed by atoms with Crippen LogP contribution in [0.2, 0.25) is 0 Å². The SMILES string of the molecule is CS[C@@H]1C[C@@]12N=C(c1ccccc1)OC2=O. The van der Waals surface area contributed by atoms with Crippen molar-refractivity contribution in [2.75, 3.05) is 6.26 Å². The zero-order valence-electron chi connectivity index (χ0n) is 8.84. The van der Waals surface area contributed by atoms with Gasteiger partial charge in [0.05, 0.1) is 0 Å². The number of hydrogen-bond donors (Lipinski definition) is 0. The van der Waals surface area contributed by atoms with E-state index in [1.807, 2.05) is 36.6 Å². The summed E-state index contributed by atoms with van der Waals surface area (Å²) in [5.74, 6) is 0.285. The number of carbonyl (C=O) groups is 1. The quantitative estimate of drug-likeness (QED) is 0.732. The highest BCUT2D eigenvalue weighted by Crippen LogP contribution is 2.51. The summed E-state index contributed by atoms with van der Waals surface area (Å²) >= 11 is 1.68. The van der Waals surface area contributed by atoms with Crippen molar-refractivity contribution < 1.29 is 9.53 Å². The second-order valence-electron chi connectivity index (χ2n) is 4.03. The lowest BCUT2D eigenvalue weighted by Gasteiger charge is -1.98. The maximum atomic E-state index is 11.8. The van der Waals surface area contributed by atoms with Crippen LogP contribution >= 0.6 is 11.8 Å². The Balaban J connectivity index is 1.93. The average molecular weight is 233 g/mol. The normalized spacial score (nSPS) is 31.4. The third-order valence-electron chi connectivity index (χ3n) is 3.02. The summed E-state index contributed by atoms with van der Waals surface area (Å²) in [5, 5.41) is 0.293. The van der Waals surface area contributed by atoms with Gasteiger partial charge >= 0.3 is 5.97 Å². The molecule has 1 aromatic carbocycles. The summed E-state index contributed by atoms with van der Waals surface area (Å²) in [6.07, 6.45) is 2.81. The van der Waals surface area contributed by atoms with Crippen LogP contribution in [-0.4, -0.2) is 28.9 Å². The predicted octanol–water partition coefficient (Wildman–Crippen LogP) is 1.86. The molecule has 2 atom stereocenters. The molecule has 0 radical (unpaired) electrons. The van der Waals surface area contributed by atoms with Crippen molar-refractivity contribution in [3.8, 4) is 0 Å². The molecule has 1 saturated carbocycles. The Kier molecular flexibility index (Phi) is 2.07. The van der Waals surface area contributed by atoms with E-state index in [2.05, 4.69) is 4.99 Å². The Hall–Kier alpha value is -1.29. The number of esters is 1. The van der Waals surface area contributed by atoms with E-state index < -0.39 is 5.54 Å². The van der Waals surface area contributed by atoms with Gasteiger partial charge in [0, 0.05) is 10.8 Å². The number of hydrogen-bond acceptors (Lipinski definition) is 4. The van der Waals surface area contributed by atoms with E-state index in [0.717, 1.165) is 12.0 Å². The maximum absolute atomic E-state index is 11.8. The van der Waals surface area contributed by atoms with Crippen molar-refractivity contribution in [3.05, 3.63) is 35.9 Å². The lowest BCUT2D eigenvalue weighted by molar-refractivity contribution is -0.135. The summed E-state index contributed by atoms with van der Waals surface area (Å²) in [4.78, 5) is 16.2. The number of benzene rings is 1. The molecule has 0 N–H and O–H groups in total. The molecule has 82 valence electrons. The third kappa shape index (κ3) is 1.29. The monoisotopic (exact) mass is 233 g/mol. The molecule has 1 aromatic rings. The molecule has 0 saturated heterocycles. The summed E-state index contributed by atoms with van der Waals surface area (Å²) in [6, 6.07) is 9.56. The van der Waals surface area contributed by atoms with Crippen LogP contribution in [0.1, 0.15) is 12.0 Å². The maximum Gasteiger partial charge on any atom is 0.342 e. The number of ether oxygens (including phenoxy) is 1. The molecule has 16 heavy (non-hydrogen) atoms. The molecule has 3 nitrogen and oxygen atoms in total. The van der Waals surface area contributed by atoms with Crippen LogP contribution in [0.25, 0.3) is 0 Å². The summed E-state index contributed by atoms with van der Waals surface area (Å²) < 4.78 is 5.25. The highest BCUT2D eigenvalue weighted by Gasteiger charge is 2.65. The molecule has 1 aliphatic carbocycles. The van der Waals surface area contributed by atoms with Crippen LogP contribution in [0.5, 0.6) is 0 Å². The third-order valence-corrected chi connectivity index (χ3v) is 4.14. The van der Waals surface area contributed by atoms with E-state index in [9.17, 15) is 4.79 Å². The lowest BCUT2D eigenvalue weighted by atomic mass is 10.2. The highest BCUT2D eigenvalue weighted by molar-refractivity contribution is 7.99. The second kappa shape index (κ2) is 3.35. The number of aliphatic imine (C=N–C) groups is 1. The minimum Gasteiger partial charge on any atom is -0.405 e. The molecule has 1 aliphatic heterocycles. The van der Waals surface area contributed by atoms with Gasteiger partial charge < -0.3 is 4.74 Å². The number of carbonyl (C=O) groups excluding carboxylic acids is 1. The Morgan fingerprint density at radius 1 is 1.44 bits per heavy atom.